The van der Waals surface area contributed by atoms with Gasteiger partial charge in [0.2, 0.25) is 5.91 Å². The smallest absolute Gasteiger partial charge is 0.222 e. The highest BCUT2D eigenvalue weighted by molar-refractivity contribution is 5.75. The van der Waals surface area contributed by atoms with Gasteiger partial charge >= 0.3 is 0 Å². The average molecular weight is 449 g/mol. The molecular formula is C27H36N4O2. The van der Waals surface area contributed by atoms with Crippen LogP contribution in [0.2, 0.25) is 0 Å². The molecule has 176 valence electrons. The number of rotatable bonds is 10. The number of hydrogen-bond donors (Lipinski definition) is 1. The van der Waals surface area contributed by atoms with E-state index in [-0.39, 0.29) is 5.91 Å². The SMILES string of the molecule is O=C(CCOCCN1CCN(C2=C(C3=CC=CCC3)CCC=C2)CC1)NCc1ccncc1. The second kappa shape index (κ2) is 12.5. The number of carbonyl (C=O) groups is 1. The fraction of sp³-hybridized carbons (Fsp3) is 0.481. The van der Waals surface area contributed by atoms with Crippen molar-refractivity contribution in [3.05, 3.63) is 77.3 Å². The zero-order chi connectivity index (χ0) is 22.7. The summed E-state index contributed by atoms with van der Waals surface area (Å²) in [6, 6.07) is 3.81. The Bertz CT molecular complexity index is 896. The summed E-state index contributed by atoms with van der Waals surface area (Å²) in [7, 11) is 0. The first kappa shape index (κ1) is 23.5. The lowest BCUT2D eigenvalue weighted by Crippen LogP contribution is -2.47. The van der Waals surface area contributed by atoms with E-state index in [1.807, 2.05) is 12.1 Å². The molecule has 0 bridgehead atoms. The van der Waals surface area contributed by atoms with Crippen molar-refractivity contribution in [2.45, 2.75) is 38.6 Å². The lowest BCUT2D eigenvalue weighted by molar-refractivity contribution is -0.122. The molecule has 0 unspecified atom stereocenters. The fourth-order valence-corrected chi connectivity index (χ4v) is 4.59. The van der Waals surface area contributed by atoms with Gasteiger partial charge in [-0.05, 0) is 60.6 Å². The summed E-state index contributed by atoms with van der Waals surface area (Å²) >= 11 is 0. The van der Waals surface area contributed by atoms with Crippen molar-refractivity contribution in [2.24, 2.45) is 0 Å². The molecule has 0 spiro atoms. The van der Waals surface area contributed by atoms with Crippen LogP contribution >= 0.6 is 0 Å². The molecule has 4 rings (SSSR count). The molecule has 0 atom stereocenters. The van der Waals surface area contributed by atoms with E-state index in [0.29, 0.717) is 26.2 Å². The van der Waals surface area contributed by atoms with Crippen LogP contribution in [-0.2, 0) is 16.1 Å². The summed E-state index contributed by atoms with van der Waals surface area (Å²) in [5, 5.41) is 2.92. The first-order valence-electron chi connectivity index (χ1n) is 12.3. The van der Waals surface area contributed by atoms with Gasteiger partial charge in [0, 0.05) is 63.8 Å². The average Bonchev–Trinajstić information content (AvgIpc) is 2.89. The Hall–Kier alpha value is -2.70. The van der Waals surface area contributed by atoms with Crippen molar-refractivity contribution in [1.82, 2.24) is 20.1 Å². The maximum absolute atomic E-state index is 12.0. The maximum atomic E-state index is 12.0. The summed E-state index contributed by atoms with van der Waals surface area (Å²) in [6.07, 6.45) is 20.0. The van der Waals surface area contributed by atoms with E-state index in [1.165, 1.54) is 17.7 Å². The number of nitrogens with zero attached hydrogens (tertiary/aromatic N) is 3. The minimum absolute atomic E-state index is 0.0219. The highest BCUT2D eigenvalue weighted by atomic mass is 16.5. The number of carbonyl (C=O) groups excluding carboxylic acids is 1. The first-order valence-corrected chi connectivity index (χ1v) is 12.3. The third-order valence-electron chi connectivity index (χ3n) is 6.52. The normalized spacial score (nSPS) is 19.0. The van der Waals surface area contributed by atoms with Crippen LogP contribution in [0, 0.1) is 0 Å². The Balaban J connectivity index is 1.13. The van der Waals surface area contributed by atoms with Crippen molar-refractivity contribution < 1.29 is 9.53 Å². The number of pyridine rings is 1. The Morgan fingerprint density at radius 1 is 1.03 bits per heavy atom. The molecule has 33 heavy (non-hydrogen) atoms. The molecule has 2 heterocycles. The van der Waals surface area contributed by atoms with Gasteiger partial charge in [0.25, 0.3) is 0 Å². The molecule has 1 N–H and O–H groups in total. The highest BCUT2D eigenvalue weighted by Gasteiger charge is 2.22. The molecule has 3 aliphatic rings. The monoisotopic (exact) mass is 448 g/mol. The molecule has 2 aliphatic carbocycles. The van der Waals surface area contributed by atoms with Gasteiger partial charge in [0.1, 0.15) is 0 Å². The van der Waals surface area contributed by atoms with Crippen LogP contribution in [0.25, 0.3) is 0 Å². The van der Waals surface area contributed by atoms with Crippen LogP contribution in [0.3, 0.4) is 0 Å². The van der Waals surface area contributed by atoms with Gasteiger partial charge in [-0.1, -0.05) is 24.3 Å². The van der Waals surface area contributed by atoms with Crippen LogP contribution in [0.1, 0.15) is 37.7 Å². The van der Waals surface area contributed by atoms with E-state index >= 15 is 0 Å². The van der Waals surface area contributed by atoms with Gasteiger partial charge in [-0.25, -0.2) is 0 Å². The molecular weight excluding hydrogens is 412 g/mol. The molecule has 6 nitrogen and oxygen atoms in total. The molecule has 1 aliphatic heterocycles. The van der Waals surface area contributed by atoms with E-state index in [0.717, 1.165) is 57.5 Å². The van der Waals surface area contributed by atoms with Crippen molar-refractivity contribution in [1.29, 1.82) is 0 Å². The zero-order valence-corrected chi connectivity index (χ0v) is 19.5. The molecule has 1 saturated heterocycles. The Kier molecular flexibility index (Phi) is 8.90. The molecule has 1 aromatic rings. The van der Waals surface area contributed by atoms with Crippen molar-refractivity contribution in [2.75, 3.05) is 45.9 Å². The van der Waals surface area contributed by atoms with Crippen LogP contribution in [-0.4, -0.2) is 66.6 Å². The number of piperazine rings is 1. The summed E-state index contributed by atoms with van der Waals surface area (Å²) in [6.45, 7) is 6.82. The van der Waals surface area contributed by atoms with Crippen molar-refractivity contribution in [3.8, 4) is 0 Å². The molecule has 0 saturated carbocycles. The molecule has 6 heteroatoms. The summed E-state index contributed by atoms with van der Waals surface area (Å²) in [5.41, 5.74) is 5.58. The Labute approximate surface area is 197 Å². The van der Waals surface area contributed by atoms with Crippen LogP contribution in [0.15, 0.2) is 71.7 Å². The zero-order valence-electron chi connectivity index (χ0n) is 19.5. The van der Waals surface area contributed by atoms with Gasteiger partial charge in [0.15, 0.2) is 0 Å². The molecule has 1 amide bonds. The van der Waals surface area contributed by atoms with Gasteiger partial charge < -0.3 is 15.0 Å². The minimum Gasteiger partial charge on any atom is -0.380 e. The van der Waals surface area contributed by atoms with E-state index in [1.54, 1.807) is 18.0 Å². The Morgan fingerprint density at radius 2 is 1.85 bits per heavy atom. The second-order valence-corrected chi connectivity index (χ2v) is 8.79. The second-order valence-electron chi connectivity index (χ2n) is 8.79. The largest absolute Gasteiger partial charge is 0.380 e. The quantitative estimate of drug-likeness (QED) is 0.554. The number of aromatic nitrogens is 1. The number of ether oxygens (including phenoxy) is 1. The maximum Gasteiger partial charge on any atom is 0.222 e. The lowest BCUT2D eigenvalue weighted by atomic mass is 9.89. The highest BCUT2D eigenvalue weighted by Crippen LogP contribution is 2.32. The van der Waals surface area contributed by atoms with Gasteiger partial charge in [-0.3, -0.25) is 14.7 Å². The van der Waals surface area contributed by atoms with Gasteiger partial charge in [-0.2, -0.15) is 0 Å². The summed E-state index contributed by atoms with van der Waals surface area (Å²) in [5.74, 6) is 0.0219. The number of amides is 1. The molecule has 0 radical (unpaired) electrons. The fourth-order valence-electron chi connectivity index (χ4n) is 4.59. The first-order chi connectivity index (χ1) is 16.3. The van der Waals surface area contributed by atoms with E-state index < -0.39 is 0 Å². The van der Waals surface area contributed by atoms with Crippen molar-refractivity contribution >= 4 is 5.91 Å². The van der Waals surface area contributed by atoms with Gasteiger partial charge in [-0.15, -0.1) is 0 Å². The third kappa shape index (κ3) is 7.14. The number of nitrogens with one attached hydrogen (secondary N) is 1. The summed E-state index contributed by atoms with van der Waals surface area (Å²) < 4.78 is 5.74. The predicted octanol–water partition coefficient (Wildman–Crippen LogP) is 3.60. The van der Waals surface area contributed by atoms with E-state index in [9.17, 15) is 4.79 Å². The lowest BCUT2D eigenvalue weighted by Gasteiger charge is -2.38. The van der Waals surface area contributed by atoms with E-state index in [2.05, 4.69) is 50.5 Å². The van der Waals surface area contributed by atoms with Crippen molar-refractivity contribution in [3.63, 3.8) is 0 Å². The van der Waals surface area contributed by atoms with Crippen LogP contribution < -0.4 is 5.32 Å². The topological polar surface area (TPSA) is 57.7 Å². The van der Waals surface area contributed by atoms with Crippen LogP contribution in [0.4, 0.5) is 0 Å². The number of allylic oxidation sites excluding steroid dienone is 7. The van der Waals surface area contributed by atoms with Crippen LogP contribution in [0.5, 0.6) is 0 Å². The number of hydrogen-bond acceptors (Lipinski definition) is 5. The summed E-state index contributed by atoms with van der Waals surface area (Å²) in [4.78, 5) is 21.0. The predicted molar refractivity (Wildman–Crippen MR) is 131 cm³/mol. The standard InChI is InChI=1S/C27H36N4O2/c32-27(29-22-23-10-13-28-14-11-23)12-20-33-21-19-30-15-17-31(18-16-30)26-9-5-4-8-25(26)24-6-2-1-3-7-24/h1-2,5-6,9-11,13-14H,3-4,7-8,12,15-22H2,(H,29,32). The van der Waals surface area contributed by atoms with E-state index in [4.69, 9.17) is 4.74 Å². The Morgan fingerprint density at radius 3 is 2.64 bits per heavy atom. The van der Waals surface area contributed by atoms with Gasteiger partial charge in [0.05, 0.1) is 13.2 Å². The molecule has 1 aromatic heterocycles. The molecule has 1 fully saturated rings. The molecule has 0 aromatic carbocycles. The minimum atomic E-state index is 0.0219. The third-order valence-corrected chi connectivity index (χ3v) is 6.52.